The van der Waals surface area contributed by atoms with E-state index in [4.69, 9.17) is 5.73 Å². The first kappa shape index (κ1) is 14.4. The minimum absolute atomic E-state index is 0.510. The van der Waals surface area contributed by atoms with Gasteiger partial charge in [-0.1, -0.05) is 0 Å². The molecule has 1 fully saturated rings. The highest BCUT2D eigenvalue weighted by molar-refractivity contribution is 7.15. The summed E-state index contributed by atoms with van der Waals surface area (Å²) in [4.78, 5) is 20.8. The predicted molar refractivity (Wildman–Crippen MR) is 92.5 cm³/mol. The summed E-state index contributed by atoms with van der Waals surface area (Å²) >= 11 is 1.81. The maximum Gasteiger partial charge on any atom is 0.324 e. The number of thiophene rings is 1. The molecule has 4 rings (SSSR count). The van der Waals surface area contributed by atoms with E-state index in [1.54, 1.807) is 6.20 Å². The molecule has 0 spiro atoms. The fourth-order valence-corrected chi connectivity index (χ4v) is 4.15. The lowest BCUT2D eigenvalue weighted by Crippen LogP contribution is -2.18. The molecule has 3 aromatic rings. The van der Waals surface area contributed by atoms with Gasteiger partial charge in [0.15, 0.2) is 0 Å². The molecule has 0 radical (unpaired) electrons. The number of carbonyl (C=O) groups excluding carboxylic acids is 1. The van der Waals surface area contributed by atoms with E-state index < -0.39 is 6.03 Å². The summed E-state index contributed by atoms with van der Waals surface area (Å²) in [6.07, 6.45) is 6.11. The Hall–Kier alpha value is -2.18. The zero-order chi connectivity index (χ0) is 15.8. The molecule has 0 unspecified atom stereocenters. The summed E-state index contributed by atoms with van der Waals surface area (Å²) in [5, 5.41) is 0.927. The lowest BCUT2D eigenvalue weighted by molar-refractivity contribution is 0.251. The smallest absolute Gasteiger partial charge is 0.324 e. The highest BCUT2D eigenvalue weighted by Gasteiger charge is 2.14. The molecule has 1 saturated heterocycles. The Balaban J connectivity index is 1.61. The second-order valence-corrected chi connectivity index (χ2v) is 7.08. The van der Waals surface area contributed by atoms with Crippen molar-refractivity contribution in [3.05, 3.63) is 41.5 Å². The molecule has 0 aliphatic carbocycles. The molecule has 6 heteroatoms. The quantitative estimate of drug-likeness (QED) is 0.803. The van der Waals surface area contributed by atoms with Crippen LogP contribution < -0.4 is 5.73 Å². The normalized spacial score (nSPS) is 15.5. The molecule has 3 aromatic heterocycles. The largest absolute Gasteiger partial charge is 0.351 e. The van der Waals surface area contributed by atoms with Gasteiger partial charge in [0, 0.05) is 39.6 Å². The van der Waals surface area contributed by atoms with Gasteiger partial charge in [0.2, 0.25) is 0 Å². The van der Waals surface area contributed by atoms with Crippen LogP contribution in [0.1, 0.15) is 17.7 Å². The first-order valence-corrected chi connectivity index (χ1v) is 8.61. The number of hydrogen-bond donors (Lipinski definition) is 1. The SMILES string of the molecule is NC(=O)n1ccc2cc(-c3ccc(CN4CCCC4)s3)cnc21. The topological polar surface area (TPSA) is 64.2 Å². The average molecular weight is 326 g/mol. The van der Waals surface area contributed by atoms with Gasteiger partial charge in [0.25, 0.3) is 0 Å². The van der Waals surface area contributed by atoms with Gasteiger partial charge in [0.1, 0.15) is 5.65 Å². The number of aromatic nitrogens is 2. The van der Waals surface area contributed by atoms with Crippen molar-refractivity contribution in [2.24, 2.45) is 5.73 Å². The monoisotopic (exact) mass is 326 g/mol. The van der Waals surface area contributed by atoms with Gasteiger partial charge < -0.3 is 5.73 Å². The number of primary amides is 1. The first-order valence-electron chi connectivity index (χ1n) is 7.79. The summed E-state index contributed by atoms with van der Waals surface area (Å²) in [5.74, 6) is 0. The second-order valence-electron chi connectivity index (χ2n) is 5.91. The van der Waals surface area contributed by atoms with Crippen molar-refractivity contribution in [3.63, 3.8) is 0 Å². The van der Waals surface area contributed by atoms with Crippen molar-refractivity contribution in [1.29, 1.82) is 0 Å². The molecule has 0 aromatic carbocycles. The molecule has 2 N–H and O–H groups in total. The van der Waals surface area contributed by atoms with Crippen LogP contribution in [0.15, 0.2) is 36.7 Å². The minimum atomic E-state index is -0.510. The molecule has 1 aliphatic rings. The van der Waals surface area contributed by atoms with Gasteiger partial charge in [-0.05, 0) is 50.2 Å². The minimum Gasteiger partial charge on any atom is -0.351 e. The third-order valence-corrected chi connectivity index (χ3v) is 5.41. The van der Waals surface area contributed by atoms with E-state index in [2.05, 4.69) is 28.1 Å². The number of likely N-dealkylation sites (tertiary alicyclic amines) is 1. The van der Waals surface area contributed by atoms with Crippen LogP contribution in [-0.2, 0) is 6.54 Å². The lowest BCUT2D eigenvalue weighted by atomic mass is 10.2. The zero-order valence-corrected chi connectivity index (χ0v) is 13.6. The number of nitrogens with zero attached hydrogens (tertiary/aromatic N) is 3. The van der Waals surface area contributed by atoms with Crippen LogP contribution in [0.5, 0.6) is 0 Å². The number of hydrogen-bond acceptors (Lipinski definition) is 4. The Bertz CT molecular complexity index is 860. The Labute approximate surface area is 138 Å². The van der Waals surface area contributed by atoms with Crippen molar-refractivity contribution in [2.75, 3.05) is 13.1 Å². The number of nitrogens with two attached hydrogens (primary N) is 1. The van der Waals surface area contributed by atoms with Gasteiger partial charge >= 0.3 is 6.03 Å². The van der Waals surface area contributed by atoms with Gasteiger partial charge in [-0.2, -0.15) is 0 Å². The molecular weight excluding hydrogens is 308 g/mol. The van der Waals surface area contributed by atoms with Gasteiger partial charge in [-0.3, -0.25) is 9.47 Å². The van der Waals surface area contributed by atoms with Crippen LogP contribution in [0.2, 0.25) is 0 Å². The Morgan fingerprint density at radius 2 is 2.09 bits per heavy atom. The number of fused-ring (bicyclic) bond motifs is 1. The van der Waals surface area contributed by atoms with Crippen LogP contribution >= 0.6 is 11.3 Å². The molecule has 5 nitrogen and oxygen atoms in total. The standard InChI is InChI=1S/C17H18N4OS/c18-17(22)21-8-5-12-9-13(10-19-16(12)21)15-4-3-14(23-15)11-20-6-1-2-7-20/h3-5,8-10H,1-2,6-7,11H2,(H2,18,22). The van der Waals surface area contributed by atoms with Gasteiger partial charge in [-0.15, -0.1) is 11.3 Å². The van der Waals surface area contributed by atoms with E-state index in [0.717, 1.165) is 17.5 Å². The number of pyridine rings is 1. The fourth-order valence-electron chi connectivity index (χ4n) is 3.12. The Morgan fingerprint density at radius 1 is 1.26 bits per heavy atom. The van der Waals surface area contributed by atoms with Gasteiger partial charge in [-0.25, -0.2) is 9.78 Å². The van der Waals surface area contributed by atoms with Crippen molar-refractivity contribution >= 4 is 28.4 Å². The summed E-state index contributed by atoms with van der Waals surface area (Å²) in [6, 6.07) is 7.79. The van der Waals surface area contributed by atoms with E-state index in [1.807, 2.05) is 23.6 Å². The maximum absolute atomic E-state index is 11.3. The van der Waals surface area contributed by atoms with E-state index >= 15 is 0 Å². The summed E-state index contributed by atoms with van der Waals surface area (Å²) in [5.41, 5.74) is 7.02. The molecule has 118 valence electrons. The molecule has 1 aliphatic heterocycles. The number of amides is 1. The summed E-state index contributed by atoms with van der Waals surface area (Å²) in [7, 11) is 0. The van der Waals surface area contributed by atoms with Crippen molar-refractivity contribution in [3.8, 4) is 10.4 Å². The summed E-state index contributed by atoms with van der Waals surface area (Å²) < 4.78 is 1.37. The van der Waals surface area contributed by atoms with Crippen molar-refractivity contribution in [2.45, 2.75) is 19.4 Å². The van der Waals surface area contributed by atoms with Crippen LogP contribution in [-0.4, -0.2) is 33.6 Å². The highest BCUT2D eigenvalue weighted by atomic mass is 32.1. The maximum atomic E-state index is 11.3. The van der Waals surface area contributed by atoms with E-state index in [1.165, 1.54) is 40.3 Å². The average Bonchev–Trinajstić information content (AvgIpc) is 3.27. The van der Waals surface area contributed by atoms with Crippen molar-refractivity contribution in [1.82, 2.24) is 14.5 Å². The van der Waals surface area contributed by atoms with Gasteiger partial charge in [0.05, 0.1) is 0 Å². The summed E-state index contributed by atoms with van der Waals surface area (Å²) in [6.45, 7) is 3.46. The van der Waals surface area contributed by atoms with Crippen LogP contribution in [0.25, 0.3) is 21.5 Å². The molecule has 0 saturated carbocycles. The third-order valence-electron chi connectivity index (χ3n) is 4.29. The van der Waals surface area contributed by atoms with Crippen LogP contribution in [0.4, 0.5) is 4.79 Å². The second kappa shape index (κ2) is 5.79. The van der Waals surface area contributed by atoms with E-state index in [-0.39, 0.29) is 0 Å². The molecule has 0 bridgehead atoms. The molecular formula is C17H18N4OS. The fraction of sp³-hybridized carbons (Fsp3) is 0.294. The van der Waals surface area contributed by atoms with E-state index in [0.29, 0.717) is 5.65 Å². The molecule has 23 heavy (non-hydrogen) atoms. The zero-order valence-electron chi connectivity index (χ0n) is 12.7. The molecule has 4 heterocycles. The number of rotatable bonds is 3. The molecule has 1 amide bonds. The Kier molecular flexibility index (Phi) is 3.63. The lowest BCUT2D eigenvalue weighted by Gasteiger charge is -2.12. The predicted octanol–water partition coefficient (Wildman–Crippen LogP) is 3.29. The number of carbonyl (C=O) groups is 1. The van der Waals surface area contributed by atoms with Crippen molar-refractivity contribution < 1.29 is 4.79 Å². The molecule has 0 atom stereocenters. The highest BCUT2D eigenvalue weighted by Crippen LogP contribution is 2.30. The third kappa shape index (κ3) is 2.75. The van der Waals surface area contributed by atoms with Crippen LogP contribution in [0.3, 0.4) is 0 Å². The Morgan fingerprint density at radius 3 is 2.87 bits per heavy atom. The first-order chi connectivity index (χ1) is 11.2. The van der Waals surface area contributed by atoms with E-state index in [9.17, 15) is 4.79 Å². The van der Waals surface area contributed by atoms with Crippen LogP contribution in [0, 0.1) is 0 Å².